The molecule has 2 N–H and O–H groups in total. The number of ether oxygens (including phenoxy) is 1. The molecule has 1 aromatic rings. The maximum absolute atomic E-state index is 13.7. The highest BCUT2D eigenvalue weighted by molar-refractivity contribution is 5.90. The molecule has 6 nitrogen and oxygen atoms in total. The van der Waals surface area contributed by atoms with Gasteiger partial charge in [0.05, 0.1) is 5.41 Å². The second-order valence-electron chi connectivity index (χ2n) is 10.5. The third kappa shape index (κ3) is 7.05. The molecule has 0 aliphatic carbocycles. The summed E-state index contributed by atoms with van der Waals surface area (Å²) in [5.41, 5.74) is 3.57. The largest absolute Gasteiger partial charge is 0.381 e. The van der Waals surface area contributed by atoms with E-state index in [1.807, 2.05) is 0 Å². The van der Waals surface area contributed by atoms with Gasteiger partial charge in [-0.15, -0.1) is 0 Å². The van der Waals surface area contributed by atoms with Gasteiger partial charge in [-0.1, -0.05) is 44.9 Å². The monoisotopic (exact) mass is 471 g/mol. The van der Waals surface area contributed by atoms with Crippen molar-refractivity contribution in [3.63, 3.8) is 0 Å². The van der Waals surface area contributed by atoms with Crippen molar-refractivity contribution < 1.29 is 14.3 Å². The van der Waals surface area contributed by atoms with Crippen molar-refractivity contribution in [3.8, 4) is 0 Å². The van der Waals surface area contributed by atoms with E-state index < -0.39 is 11.5 Å². The van der Waals surface area contributed by atoms with E-state index >= 15 is 0 Å². The maximum Gasteiger partial charge on any atom is 0.242 e. The summed E-state index contributed by atoms with van der Waals surface area (Å²) in [4.78, 5) is 29.1. The first-order chi connectivity index (χ1) is 16.3. The van der Waals surface area contributed by atoms with E-state index in [9.17, 15) is 9.59 Å². The number of hydrogen-bond donors (Lipinski definition) is 2. The van der Waals surface area contributed by atoms with Crippen LogP contribution in [-0.2, 0) is 20.9 Å². The number of hydrogen-bond acceptors (Lipinski definition) is 4. The molecular formula is C28H45N3O3. The van der Waals surface area contributed by atoms with Gasteiger partial charge >= 0.3 is 0 Å². The minimum absolute atomic E-state index is 0.0664. The molecule has 0 aromatic heterocycles. The predicted molar refractivity (Wildman–Crippen MR) is 137 cm³/mol. The maximum atomic E-state index is 13.7. The smallest absolute Gasteiger partial charge is 0.242 e. The highest BCUT2D eigenvalue weighted by atomic mass is 16.5. The molecule has 2 atom stereocenters. The minimum Gasteiger partial charge on any atom is -0.381 e. The molecule has 3 rings (SSSR count). The van der Waals surface area contributed by atoms with Crippen LogP contribution in [0.25, 0.3) is 0 Å². The Bertz CT molecular complexity index is 817. The van der Waals surface area contributed by atoms with Gasteiger partial charge in [0.25, 0.3) is 0 Å². The Morgan fingerprint density at radius 2 is 1.79 bits per heavy atom. The Kier molecular flexibility index (Phi) is 9.96. The van der Waals surface area contributed by atoms with E-state index in [0.717, 1.165) is 71.2 Å². The number of rotatable bonds is 4. The lowest BCUT2D eigenvalue weighted by Crippen LogP contribution is -2.56. The zero-order chi connectivity index (χ0) is 24.6. The van der Waals surface area contributed by atoms with Gasteiger partial charge in [0.1, 0.15) is 6.04 Å². The molecule has 2 aliphatic heterocycles. The van der Waals surface area contributed by atoms with Crippen LogP contribution in [-0.4, -0.2) is 55.6 Å². The van der Waals surface area contributed by atoms with E-state index in [4.69, 9.17) is 4.74 Å². The third-order valence-electron chi connectivity index (χ3n) is 8.01. The molecule has 190 valence electrons. The molecule has 0 bridgehead atoms. The first-order valence-electron chi connectivity index (χ1n) is 13.3. The number of amides is 2. The van der Waals surface area contributed by atoms with Crippen molar-refractivity contribution in [3.05, 3.63) is 34.9 Å². The quantitative estimate of drug-likeness (QED) is 0.693. The molecule has 2 amide bonds. The average Bonchev–Trinajstić information content (AvgIpc) is 2.83. The molecule has 2 fully saturated rings. The first kappa shape index (κ1) is 26.7. The number of likely N-dealkylation sites (tertiary alicyclic amines) is 1. The highest BCUT2D eigenvalue weighted by Gasteiger charge is 2.42. The van der Waals surface area contributed by atoms with Crippen LogP contribution in [0.2, 0.25) is 0 Å². The summed E-state index contributed by atoms with van der Waals surface area (Å²) in [5.74, 6) is 0.0915. The number of carbonyl (C=O) groups is 2. The number of piperidine rings is 1. The molecular weight excluding hydrogens is 426 g/mol. The lowest BCUT2D eigenvalue weighted by atomic mass is 9.73. The van der Waals surface area contributed by atoms with Crippen molar-refractivity contribution in [2.24, 2.45) is 11.3 Å². The molecule has 2 saturated heterocycles. The van der Waals surface area contributed by atoms with E-state index in [1.165, 1.54) is 16.7 Å². The predicted octanol–water partition coefficient (Wildman–Crippen LogP) is 4.12. The van der Waals surface area contributed by atoms with Crippen LogP contribution in [0.5, 0.6) is 0 Å². The van der Waals surface area contributed by atoms with Gasteiger partial charge in [0, 0.05) is 26.3 Å². The average molecular weight is 472 g/mol. The lowest BCUT2D eigenvalue weighted by molar-refractivity contribution is -0.139. The van der Waals surface area contributed by atoms with Gasteiger partial charge < -0.3 is 15.4 Å². The zero-order valence-electron chi connectivity index (χ0n) is 21.8. The van der Waals surface area contributed by atoms with E-state index in [1.54, 1.807) is 0 Å². The number of nitrogens with zero attached hydrogens (tertiary/aromatic N) is 1. The van der Waals surface area contributed by atoms with Gasteiger partial charge in [-0.2, -0.15) is 0 Å². The molecule has 34 heavy (non-hydrogen) atoms. The minimum atomic E-state index is -0.480. The van der Waals surface area contributed by atoms with E-state index in [-0.39, 0.29) is 17.7 Å². The standard InChI is InChI=1S/C28H45N3O3/c1-5-21(2)25-26(32)29-14-8-18-34-17-7-6-11-28(27(33)30-25)12-15-31(16-13-28)20-24-10-9-22(3)23(4)19-24/h9-10,19,21,25H,5-8,11-18,20H2,1-4H3,(H,29,32)(H,30,33)/t21-,25-/m0/s1. The number of carbonyl (C=O) groups excluding carboxylic acids is 2. The molecule has 0 unspecified atom stereocenters. The van der Waals surface area contributed by atoms with E-state index in [0.29, 0.717) is 13.2 Å². The second-order valence-corrected chi connectivity index (χ2v) is 10.5. The van der Waals surface area contributed by atoms with Crippen molar-refractivity contribution in [1.29, 1.82) is 0 Å². The van der Waals surface area contributed by atoms with E-state index in [2.05, 4.69) is 61.4 Å². The van der Waals surface area contributed by atoms with Crippen LogP contribution in [0.3, 0.4) is 0 Å². The fourth-order valence-electron chi connectivity index (χ4n) is 5.15. The number of benzene rings is 1. The Hall–Kier alpha value is -1.92. The summed E-state index contributed by atoms with van der Waals surface area (Å²) in [6, 6.07) is 6.22. The first-order valence-corrected chi connectivity index (χ1v) is 13.3. The normalized spacial score (nSPS) is 24.2. The molecule has 0 saturated carbocycles. The molecule has 2 aliphatic rings. The summed E-state index contributed by atoms with van der Waals surface area (Å²) in [7, 11) is 0. The Labute approximate surface area is 206 Å². The zero-order valence-corrected chi connectivity index (χ0v) is 21.8. The highest BCUT2D eigenvalue weighted by Crippen LogP contribution is 2.38. The number of nitrogens with one attached hydrogen (secondary N) is 2. The molecule has 6 heteroatoms. The topological polar surface area (TPSA) is 70.7 Å². The van der Waals surface area contributed by atoms with Gasteiger partial charge in [-0.3, -0.25) is 14.5 Å². The van der Waals surface area contributed by atoms with Gasteiger partial charge in [-0.05, 0) is 81.6 Å². The fourth-order valence-corrected chi connectivity index (χ4v) is 5.15. The van der Waals surface area contributed by atoms with Crippen LogP contribution in [0, 0.1) is 25.2 Å². The lowest BCUT2D eigenvalue weighted by Gasteiger charge is -2.42. The number of aryl methyl sites for hydroxylation is 2. The summed E-state index contributed by atoms with van der Waals surface area (Å²) < 4.78 is 5.75. The van der Waals surface area contributed by atoms with Crippen LogP contribution in [0.15, 0.2) is 18.2 Å². The van der Waals surface area contributed by atoms with Crippen LogP contribution in [0.4, 0.5) is 0 Å². The summed E-state index contributed by atoms with van der Waals surface area (Å²) >= 11 is 0. The molecule has 0 radical (unpaired) electrons. The van der Waals surface area contributed by atoms with Gasteiger partial charge in [-0.25, -0.2) is 0 Å². The summed E-state index contributed by atoms with van der Waals surface area (Å²) in [6.45, 7) is 13.1. The van der Waals surface area contributed by atoms with Crippen molar-refractivity contribution in [2.75, 3.05) is 32.8 Å². The summed E-state index contributed by atoms with van der Waals surface area (Å²) in [5, 5.41) is 6.22. The van der Waals surface area contributed by atoms with Crippen LogP contribution < -0.4 is 10.6 Å². The Morgan fingerprint density at radius 3 is 2.50 bits per heavy atom. The SMILES string of the molecule is CC[C@H](C)[C@@H]1NC(=O)C2(CCCCOCCCNC1=O)CCN(Cc1ccc(C)c(C)c1)CC2. The van der Waals surface area contributed by atoms with Crippen LogP contribution in [0.1, 0.15) is 75.5 Å². The molecule has 2 heterocycles. The second kappa shape index (κ2) is 12.7. The van der Waals surface area contributed by atoms with Gasteiger partial charge in [0.15, 0.2) is 0 Å². The molecule has 1 spiro atoms. The van der Waals surface area contributed by atoms with Crippen molar-refractivity contribution >= 4 is 11.8 Å². The van der Waals surface area contributed by atoms with Crippen molar-refractivity contribution in [2.45, 2.75) is 85.2 Å². The summed E-state index contributed by atoms with van der Waals surface area (Å²) in [6.07, 6.45) is 6.12. The Balaban J connectivity index is 1.71. The fraction of sp³-hybridized carbons (Fsp3) is 0.714. The third-order valence-corrected chi connectivity index (χ3v) is 8.01. The molecule has 1 aromatic carbocycles. The van der Waals surface area contributed by atoms with Crippen LogP contribution >= 0.6 is 0 Å². The Morgan fingerprint density at radius 1 is 1.06 bits per heavy atom. The van der Waals surface area contributed by atoms with Crippen molar-refractivity contribution in [1.82, 2.24) is 15.5 Å². The van der Waals surface area contributed by atoms with Gasteiger partial charge in [0.2, 0.25) is 11.8 Å².